The fraction of sp³-hybridized carbons (Fsp3) is 0.471. The number of nitrogens with one attached hydrogen (secondary N) is 1. The van der Waals surface area contributed by atoms with Crippen LogP contribution in [0, 0.1) is 0 Å². The Morgan fingerprint density at radius 2 is 2.19 bits per heavy atom. The Morgan fingerprint density at radius 3 is 2.90 bits per heavy atom. The summed E-state index contributed by atoms with van der Waals surface area (Å²) in [6.45, 7) is 6.77. The van der Waals surface area contributed by atoms with Crippen LogP contribution in [0.4, 0.5) is 0 Å². The van der Waals surface area contributed by atoms with Gasteiger partial charge < -0.3 is 15.0 Å². The summed E-state index contributed by atoms with van der Waals surface area (Å²) >= 11 is 0. The normalized spacial score (nSPS) is 20.2. The van der Waals surface area contributed by atoms with Gasteiger partial charge in [0.25, 0.3) is 0 Å². The number of carboxylic acids is 1. The van der Waals surface area contributed by atoms with E-state index in [1.807, 2.05) is 6.07 Å². The average Bonchev–Trinajstić information content (AvgIpc) is 2.90. The van der Waals surface area contributed by atoms with E-state index < -0.39 is 5.97 Å². The SMILES string of the molecule is CC(C)N1CCCC(c2ccc3[nH]c(C(=O)O)cc3c2)C1. The fourth-order valence-electron chi connectivity index (χ4n) is 3.27. The highest BCUT2D eigenvalue weighted by Crippen LogP contribution is 2.30. The summed E-state index contributed by atoms with van der Waals surface area (Å²) in [5.74, 6) is -0.356. The maximum atomic E-state index is 11.0. The molecule has 3 rings (SSSR count). The topological polar surface area (TPSA) is 56.3 Å². The molecule has 1 aliphatic rings. The lowest BCUT2D eigenvalue weighted by Gasteiger charge is -2.35. The van der Waals surface area contributed by atoms with E-state index in [1.165, 1.54) is 24.9 Å². The van der Waals surface area contributed by atoms with Crippen LogP contribution in [-0.4, -0.2) is 40.1 Å². The second-order valence-corrected chi connectivity index (χ2v) is 6.26. The maximum absolute atomic E-state index is 11.0. The lowest BCUT2D eigenvalue weighted by atomic mass is 9.89. The molecule has 1 saturated heterocycles. The third-order valence-corrected chi connectivity index (χ3v) is 4.53. The monoisotopic (exact) mass is 286 g/mol. The lowest BCUT2D eigenvalue weighted by molar-refractivity contribution is 0.0691. The molecule has 0 saturated carbocycles. The van der Waals surface area contributed by atoms with Crippen molar-refractivity contribution in [1.82, 2.24) is 9.88 Å². The van der Waals surface area contributed by atoms with E-state index in [1.54, 1.807) is 6.07 Å². The van der Waals surface area contributed by atoms with Crippen molar-refractivity contribution >= 4 is 16.9 Å². The number of fused-ring (bicyclic) bond motifs is 1. The van der Waals surface area contributed by atoms with E-state index in [0.29, 0.717) is 12.0 Å². The summed E-state index contributed by atoms with van der Waals surface area (Å²) in [6, 6.07) is 8.60. The molecule has 1 aromatic heterocycles. The molecule has 2 N–H and O–H groups in total. The second kappa shape index (κ2) is 5.53. The first-order chi connectivity index (χ1) is 10.0. The van der Waals surface area contributed by atoms with Gasteiger partial charge >= 0.3 is 5.97 Å². The molecule has 0 amide bonds. The molecular weight excluding hydrogens is 264 g/mol. The number of nitrogens with zero attached hydrogens (tertiary/aromatic N) is 1. The van der Waals surface area contributed by atoms with Gasteiger partial charge in [-0.25, -0.2) is 4.79 Å². The largest absolute Gasteiger partial charge is 0.477 e. The first kappa shape index (κ1) is 14.1. The highest BCUT2D eigenvalue weighted by atomic mass is 16.4. The zero-order valence-electron chi connectivity index (χ0n) is 12.6. The quantitative estimate of drug-likeness (QED) is 0.908. The van der Waals surface area contributed by atoms with Gasteiger partial charge in [0, 0.05) is 23.5 Å². The highest BCUT2D eigenvalue weighted by Gasteiger charge is 2.23. The minimum atomic E-state index is -0.906. The Kier molecular flexibility index (Phi) is 3.72. The van der Waals surface area contributed by atoms with Crippen LogP contribution in [0.2, 0.25) is 0 Å². The van der Waals surface area contributed by atoms with Gasteiger partial charge in [0.05, 0.1) is 0 Å². The minimum absolute atomic E-state index is 0.259. The summed E-state index contributed by atoms with van der Waals surface area (Å²) in [5.41, 5.74) is 2.48. The molecule has 0 bridgehead atoms. The first-order valence-corrected chi connectivity index (χ1v) is 7.64. The molecule has 4 nitrogen and oxygen atoms in total. The third kappa shape index (κ3) is 2.81. The van der Waals surface area contributed by atoms with Crippen LogP contribution in [0.3, 0.4) is 0 Å². The van der Waals surface area contributed by atoms with Gasteiger partial charge in [-0.2, -0.15) is 0 Å². The van der Waals surface area contributed by atoms with Crippen molar-refractivity contribution in [2.24, 2.45) is 0 Å². The van der Waals surface area contributed by atoms with Gasteiger partial charge in [-0.05, 0) is 62.9 Å². The van der Waals surface area contributed by atoms with Crippen LogP contribution in [0.25, 0.3) is 10.9 Å². The number of benzene rings is 1. The smallest absolute Gasteiger partial charge is 0.352 e. The molecule has 0 spiro atoms. The van der Waals surface area contributed by atoms with Crippen LogP contribution in [0.5, 0.6) is 0 Å². The van der Waals surface area contributed by atoms with Crippen LogP contribution in [0.1, 0.15) is 48.7 Å². The van der Waals surface area contributed by atoms with E-state index in [0.717, 1.165) is 17.4 Å². The van der Waals surface area contributed by atoms with E-state index >= 15 is 0 Å². The molecule has 2 aromatic rings. The highest BCUT2D eigenvalue weighted by molar-refractivity contribution is 5.93. The number of aromatic carboxylic acids is 1. The predicted octanol–water partition coefficient (Wildman–Crippen LogP) is 3.45. The van der Waals surface area contributed by atoms with Gasteiger partial charge in [0.15, 0.2) is 0 Å². The molecule has 2 heterocycles. The number of carbonyl (C=O) groups is 1. The summed E-state index contributed by atoms with van der Waals surface area (Å²) in [4.78, 5) is 16.5. The number of aromatic amines is 1. The summed E-state index contributed by atoms with van der Waals surface area (Å²) in [7, 11) is 0. The molecule has 4 heteroatoms. The molecule has 0 aliphatic carbocycles. The number of hydrogen-bond donors (Lipinski definition) is 2. The van der Waals surface area contributed by atoms with Crippen molar-refractivity contribution in [3.05, 3.63) is 35.5 Å². The number of likely N-dealkylation sites (tertiary alicyclic amines) is 1. The fourth-order valence-corrected chi connectivity index (χ4v) is 3.27. The maximum Gasteiger partial charge on any atom is 0.352 e. The Balaban J connectivity index is 1.88. The number of H-pyrrole nitrogens is 1. The minimum Gasteiger partial charge on any atom is -0.477 e. The van der Waals surface area contributed by atoms with E-state index in [9.17, 15) is 4.79 Å². The van der Waals surface area contributed by atoms with Crippen molar-refractivity contribution in [3.8, 4) is 0 Å². The van der Waals surface area contributed by atoms with Crippen LogP contribution < -0.4 is 0 Å². The molecule has 1 aliphatic heterocycles. The van der Waals surface area contributed by atoms with Gasteiger partial charge in [-0.15, -0.1) is 0 Å². The summed E-state index contributed by atoms with van der Waals surface area (Å²) < 4.78 is 0. The number of rotatable bonds is 3. The van der Waals surface area contributed by atoms with E-state index in [2.05, 4.69) is 35.9 Å². The van der Waals surface area contributed by atoms with Gasteiger partial charge in [-0.3, -0.25) is 0 Å². The van der Waals surface area contributed by atoms with Crippen molar-refractivity contribution in [2.75, 3.05) is 13.1 Å². The van der Waals surface area contributed by atoms with Crippen LogP contribution in [-0.2, 0) is 0 Å². The molecule has 112 valence electrons. The number of carboxylic acid groups (broad SMARTS) is 1. The number of hydrogen-bond acceptors (Lipinski definition) is 2. The molecular formula is C17H22N2O2. The predicted molar refractivity (Wildman–Crippen MR) is 83.9 cm³/mol. The van der Waals surface area contributed by atoms with Gasteiger partial charge in [0.1, 0.15) is 5.69 Å². The molecule has 0 radical (unpaired) electrons. The van der Waals surface area contributed by atoms with Gasteiger partial charge in [-0.1, -0.05) is 6.07 Å². The summed E-state index contributed by atoms with van der Waals surface area (Å²) in [5, 5.41) is 10.1. The van der Waals surface area contributed by atoms with Crippen molar-refractivity contribution in [2.45, 2.75) is 38.6 Å². The van der Waals surface area contributed by atoms with Crippen molar-refractivity contribution < 1.29 is 9.90 Å². The summed E-state index contributed by atoms with van der Waals surface area (Å²) in [6.07, 6.45) is 2.44. The zero-order valence-corrected chi connectivity index (χ0v) is 12.6. The number of aromatic nitrogens is 1. The second-order valence-electron chi connectivity index (χ2n) is 6.26. The standard InChI is InChI=1S/C17H22N2O2/c1-11(2)19-7-3-4-13(10-19)12-5-6-15-14(8-12)9-16(18-15)17(20)21/h5-6,8-9,11,13,18H,3-4,7,10H2,1-2H3,(H,20,21). The Morgan fingerprint density at radius 1 is 1.38 bits per heavy atom. The Labute approximate surface area is 124 Å². The van der Waals surface area contributed by atoms with Crippen LogP contribution in [0.15, 0.2) is 24.3 Å². The van der Waals surface area contributed by atoms with E-state index in [4.69, 9.17) is 5.11 Å². The van der Waals surface area contributed by atoms with Gasteiger partial charge in [0.2, 0.25) is 0 Å². The molecule has 1 atom stereocenters. The van der Waals surface area contributed by atoms with Crippen molar-refractivity contribution in [1.29, 1.82) is 0 Å². The Hall–Kier alpha value is -1.81. The average molecular weight is 286 g/mol. The Bertz CT molecular complexity index is 660. The molecule has 1 unspecified atom stereocenters. The van der Waals surface area contributed by atoms with Crippen molar-refractivity contribution in [3.63, 3.8) is 0 Å². The van der Waals surface area contributed by atoms with Crippen LogP contribution >= 0.6 is 0 Å². The molecule has 21 heavy (non-hydrogen) atoms. The first-order valence-electron chi connectivity index (χ1n) is 7.64. The van der Waals surface area contributed by atoms with E-state index in [-0.39, 0.29) is 5.69 Å². The lowest BCUT2D eigenvalue weighted by Crippen LogP contribution is -2.39. The zero-order chi connectivity index (χ0) is 15.0. The third-order valence-electron chi connectivity index (χ3n) is 4.53. The molecule has 1 fully saturated rings. The number of piperidine rings is 1. The molecule has 1 aromatic carbocycles.